The molecule has 2 aromatic carbocycles. The molecule has 0 unspecified atom stereocenters. The van der Waals surface area contributed by atoms with E-state index in [1.54, 1.807) is 42.5 Å². The Bertz CT molecular complexity index is 1200. The first kappa shape index (κ1) is 22.0. The number of anilines is 1. The monoisotopic (exact) mass is 448 g/mol. The van der Waals surface area contributed by atoms with Crippen molar-refractivity contribution >= 4 is 23.1 Å². The van der Waals surface area contributed by atoms with E-state index in [1.807, 2.05) is 19.1 Å². The van der Waals surface area contributed by atoms with Crippen molar-refractivity contribution in [2.75, 3.05) is 26.1 Å². The van der Waals surface area contributed by atoms with Crippen LogP contribution < -0.4 is 19.5 Å². The molecule has 0 fully saturated rings. The van der Waals surface area contributed by atoms with E-state index in [0.29, 0.717) is 40.9 Å². The third kappa shape index (κ3) is 4.41. The third-order valence-corrected chi connectivity index (χ3v) is 5.15. The van der Waals surface area contributed by atoms with Crippen LogP contribution in [-0.4, -0.2) is 37.5 Å². The zero-order valence-electron chi connectivity index (χ0n) is 18.6. The average Bonchev–Trinajstić information content (AvgIpc) is 3.42. The number of carbonyl (C=O) groups excluding carboxylic acids is 2. The molecule has 4 rings (SSSR count). The zero-order chi connectivity index (χ0) is 23.4. The molecule has 1 N–H and O–H groups in total. The number of rotatable bonds is 9. The van der Waals surface area contributed by atoms with E-state index >= 15 is 0 Å². The van der Waals surface area contributed by atoms with Crippen molar-refractivity contribution in [3.05, 3.63) is 77.9 Å². The number of nitrogens with one attached hydrogen (secondary N) is 1. The molecule has 0 radical (unpaired) electrons. The maximum atomic E-state index is 13.4. The van der Waals surface area contributed by atoms with E-state index < -0.39 is 11.8 Å². The van der Waals surface area contributed by atoms with Gasteiger partial charge in [0.15, 0.2) is 11.5 Å². The number of imide groups is 1. The van der Waals surface area contributed by atoms with Crippen LogP contribution in [0, 0.1) is 0 Å². The van der Waals surface area contributed by atoms with Gasteiger partial charge in [-0.1, -0.05) is 12.1 Å². The molecule has 0 atom stereocenters. The molecule has 8 nitrogen and oxygen atoms in total. The fraction of sp³-hybridized carbons (Fsp3) is 0.200. The largest absolute Gasteiger partial charge is 0.494 e. The van der Waals surface area contributed by atoms with Crippen molar-refractivity contribution in [1.29, 1.82) is 0 Å². The Hall–Kier alpha value is -4.20. The molecule has 33 heavy (non-hydrogen) atoms. The third-order valence-electron chi connectivity index (χ3n) is 5.15. The molecule has 0 saturated carbocycles. The second-order valence-corrected chi connectivity index (χ2v) is 7.18. The Balaban J connectivity index is 1.77. The predicted molar refractivity (Wildman–Crippen MR) is 122 cm³/mol. The maximum Gasteiger partial charge on any atom is 0.278 e. The zero-order valence-corrected chi connectivity index (χ0v) is 18.6. The van der Waals surface area contributed by atoms with Crippen LogP contribution >= 0.6 is 0 Å². The quantitative estimate of drug-likeness (QED) is 0.493. The smallest absolute Gasteiger partial charge is 0.278 e. The summed E-state index contributed by atoms with van der Waals surface area (Å²) < 4.78 is 21.6. The molecule has 8 heteroatoms. The fourth-order valence-corrected chi connectivity index (χ4v) is 3.63. The van der Waals surface area contributed by atoms with E-state index in [2.05, 4.69) is 5.32 Å². The Morgan fingerprint density at radius 3 is 2.45 bits per heavy atom. The van der Waals surface area contributed by atoms with Crippen LogP contribution in [0.4, 0.5) is 5.69 Å². The predicted octanol–water partition coefficient (Wildman–Crippen LogP) is 4.09. The van der Waals surface area contributed by atoms with Crippen molar-refractivity contribution in [2.45, 2.75) is 13.5 Å². The summed E-state index contributed by atoms with van der Waals surface area (Å²) in [5.41, 5.74) is 1.54. The summed E-state index contributed by atoms with van der Waals surface area (Å²) in [5.74, 6) is 1.23. The van der Waals surface area contributed by atoms with Gasteiger partial charge in [0.1, 0.15) is 17.2 Å². The van der Waals surface area contributed by atoms with Crippen LogP contribution in [0.5, 0.6) is 17.2 Å². The molecule has 0 saturated heterocycles. The highest BCUT2D eigenvalue weighted by molar-refractivity contribution is 6.36. The summed E-state index contributed by atoms with van der Waals surface area (Å²) in [4.78, 5) is 28.0. The molecule has 0 bridgehead atoms. The molecule has 1 aliphatic rings. The van der Waals surface area contributed by atoms with Gasteiger partial charge in [-0.05, 0) is 48.9 Å². The van der Waals surface area contributed by atoms with Crippen LogP contribution in [0.25, 0.3) is 5.57 Å². The fourth-order valence-electron chi connectivity index (χ4n) is 3.63. The number of amides is 2. The lowest BCUT2D eigenvalue weighted by molar-refractivity contribution is -0.137. The average molecular weight is 448 g/mol. The summed E-state index contributed by atoms with van der Waals surface area (Å²) in [6.45, 7) is 2.42. The van der Waals surface area contributed by atoms with Crippen molar-refractivity contribution in [3.63, 3.8) is 0 Å². The van der Waals surface area contributed by atoms with Gasteiger partial charge in [-0.25, -0.2) is 0 Å². The van der Waals surface area contributed by atoms with Gasteiger partial charge in [-0.15, -0.1) is 0 Å². The van der Waals surface area contributed by atoms with E-state index in [9.17, 15) is 9.59 Å². The minimum Gasteiger partial charge on any atom is -0.494 e. The summed E-state index contributed by atoms with van der Waals surface area (Å²) in [7, 11) is 3.05. The lowest BCUT2D eigenvalue weighted by Crippen LogP contribution is -2.31. The number of furan rings is 1. The standard InChI is InChI=1S/C25H24N2O6/c1-4-32-18-8-5-7-17(14-18)26-23-22(16-10-11-20(30-2)21(13-16)31-3)24(28)27(25(23)29)15-19-9-6-12-33-19/h5-14,26H,4,15H2,1-3H3. The van der Waals surface area contributed by atoms with Gasteiger partial charge in [-0.3, -0.25) is 14.5 Å². The number of hydrogen-bond donors (Lipinski definition) is 1. The second-order valence-electron chi connectivity index (χ2n) is 7.18. The van der Waals surface area contributed by atoms with Crippen molar-refractivity contribution in [3.8, 4) is 17.2 Å². The molecule has 0 aliphatic carbocycles. The lowest BCUT2D eigenvalue weighted by atomic mass is 10.0. The molecule has 170 valence electrons. The van der Waals surface area contributed by atoms with Crippen molar-refractivity contribution in [1.82, 2.24) is 4.90 Å². The first-order valence-corrected chi connectivity index (χ1v) is 10.4. The van der Waals surface area contributed by atoms with Gasteiger partial charge >= 0.3 is 0 Å². The van der Waals surface area contributed by atoms with Crippen LogP contribution in [0.15, 0.2) is 71.0 Å². The first-order chi connectivity index (χ1) is 16.0. The highest BCUT2D eigenvalue weighted by Crippen LogP contribution is 2.36. The first-order valence-electron chi connectivity index (χ1n) is 10.4. The maximum absolute atomic E-state index is 13.4. The lowest BCUT2D eigenvalue weighted by Gasteiger charge is -2.14. The van der Waals surface area contributed by atoms with Crippen LogP contribution in [0.2, 0.25) is 0 Å². The highest BCUT2D eigenvalue weighted by Gasteiger charge is 2.40. The SMILES string of the molecule is CCOc1cccc(NC2=C(c3ccc(OC)c(OC)c3)C(=O)N(Cc3ccco3)C2=O)c1. The molecule has 2 heterocycles. The number of methoxy groups -OCH3 is 2. The number of ether oxygens (including phenoxy) is 3. The number of carbonyl (C=O) groups is 2. The van der Waals surface area contributed by atoms with Gasteiger partial charge in [-0.2, -0.15) is 0 Å². The van der Waals surface area contributed by atoms with Crippen LogP contribution in [-0.2, 0) is 16.1 Å². The summed E-state index contributed by atoms with van der Waals surface area (Å²) in [6.07, 6.45) is 1.50. The van der Waals surface area contributed by atoms with Gasteiger partial charge < -0.3 is 23.9 Å². The number of hydrogen-bond acceptors (Lipinski definition) is 7. The van der Waals surface area contributed by atoms with Gasteiger partial charge in [0, 0.05) is 11.8 Å². The number of benzene rings is 2. The van der Waals surface area contributed by atoms with Gasteiger partial charge in [0.05, 0.1) is 39.2 Å². The normalized spacial score (nSPS) is 13.5. The van der Waals surface area contributed by atoms with E-state index in [4.69, 9.17) is 18.6 Å². The molecule has 1 aromatic heterocycles. The molecule has 1 aliphatic heterocycles. The molecule has 0 spiro atoms. The summed E-state index contributed by atoms with van der Waals surface area (Å²) in [6, 6.07) is 15.7. The summed E-state index contributed by atoms with van der Waals surface area (Å²) in [5, 5.41) is 3.13. The van der Waals surface area contributed by atoms with Gasteiger partial charge in [0.2, 0.25) is 0 Å². The molecule has 3 aromatic rings. The minimum absolute atomic E-state index is 0.0195. The molecule has 2 amide bonds. The highest BCUT2D eigenvalue weighted by atomic mass is 16.5. The topological polar surface area (TPSA) is 90.2 Å². The molecular weight excluding hydrogens is 424 g/mol. The van der Waals surface area contributed by atoms with Crippen LogP contribution in [0.1, 0.15) is 18.2 Å². The van der Waals surface area contributed by atoms with Crippen LogP contribution in [0.3, 0.4) is 0 Å². The second kappa shape index (κ2) is 9.52. The minimum atomic E-state index is -0.456. The summed E-state index contributed by atoms with van der Waals surface area (Å²) >= 11 is 0. The molecular formula is C25H24N2O6. The van der Waals surface area contributed by atoms with Crippen molar-refractivity contribution < 1.29 is 28.2 Å². The van der Waals surface area contributed by atoms with E-state index in [-0.39, 0.29) is 17.8 Å². The number of nitrogens with zero attached hydrogens (tertiary/aromatic N) is 1. The Labute approximate surface area is 191 Å². The van der Waals surface area contributed by atoms with E-state index in [1.165, 1.54) is 20.5 Å². The van der Waals surface area contributed by atoms with Gasteiger partial charge in [0.25, 0.3) is 11.8 Å². The van der Waals surface area contributed by atoms with Crippen molar-refractivity contribution in [2.24, 2.45) is 0 Å². The Morgan fingerprint density at radius 1 is 0.939 bits per heavy atom. The van der Waals surface area contributed by atoms with E-state index in [0.717, 1.165) is 4.90 Å². The Morgan fingerprint density at radius 2 is 1.76 bits per heavy atom. The Kier molecular flexibility index (Phi) is 6.35.